The van der Waals surface area contributed by atoms with Gasteiger partial charge in [0.15, 0.2) is 0 Å². The molecule has 4 rings (SSSR count). The lowest BCUT2D eigenvalue weighted by Gasteiger charge is -2.34. The average Bonchev–Trinajstić information content (AvgIpc) is 2.87. The van der Waals surface area contributed by atoms with E-state index in [1.807, 2.05) is 38.4 Å². The van der Waals surface area contributed by atoms with Gasteiger partial charge in [-0.05, 0) is 57.4 Å². The number of carbonyl (C=O) groups is 1. The molecule has 12 heteroatoms. The lowest BCUT2D eigenvalue weighted by molar-refractivity contribution is -0.139. The molecule has 0 atom stereocenters. The third-order valence-electron chi connectivity index (χ3n) is 6.27. The van der Waals surface area contributed by atoms with Crippen LogP contribution in [0.4, 0.5) is 33.9 Å². The molecule has 0 bridgehead atoms. The van der Waals surface area contributed by atoms with Gasteiger partial charge in [0.2, 0.25) is 0 Å². The Morgan fingerprint density at radius 3 is 2.50 bits per heavy atom. The Kier molecular flexibility index (Phi) is 8.62. The maximum absolute atomic E-state index is 13.5. The molecule has 2 N–H and O–H groups in total. The van der Waals surface area contributed by atoms with Gasteiger partial charge in [0.1, 0.15) is 17.5 Å². The number of anilines is 2. The number of urea groups is 1. The molecule has 1 aliphatic rings. The number of nitrogens with zero attached hydrogens (tertiary/aromatic N) is 5. The molecule has 1 saturated heterocycles. The number of fused-ring (bicyclic) bond motifs is 1. The lowest BCUT2D eigenvalue weighted by atomic mass is 10.2. The summed E-state index contributed by atoms with van der Waals surface area (Å²) in [5.41, 5.74) is -0.675. The summed E-state index contributed by atoms with van der Waals surface area (Å²) in [6, 6.07) is 9.72. The van der Waals surface area contributed by atoms with Crippen LogP contribution < -0.4 is 10.6 Å². The summed E-state index contributed by atoms with van der Waals surface area (Å²) in [7, 11) is 4.07. The normalized spacial score (nSPS) is 14.8. The molecule has 1 aromatic heterocycles. The van der Waals surface area contributed by atoms with Crippen molar-refractivity contribution in [1.82, 2.24) is 24.7 Å². The Morgan fingerprint density at radius 2 is 1.79 bits per heavy atom. The average molecular weight is 534 g/mol. The van der Waals surface area contributed by atoms with E-state index in [4.69, 9.17) is 9.97 Å². The Bertz CT molecular complexity index is 1260. The minimum Gasteiger partial charge on any atom is -0.369 e. The SMILES string of the molecule is CN(C)CCCNc1nc(CN2CCN(C(=O)Nc3ccc(F)c(C(F)(F)F)c3)CC2)nc2ccccc12. The second-order valence-electron chi connectivity index (χ2n) is 9.47. The number of carbonyl (C=O) groups excluding carboxylic acids is 1. The van der Waals surface area contributed by atoms with E-state index >= 15 is 0 Å². The molecule has 0 aliphatic carbocycles. The third kappa shape index (κ3) is 7.07. The Hall–Kier alpha value is -3.51. The van der Waals surface area contributed by atoms with Gasteiger partial charge < -0.3 is 20.4 Å². The van der Waals surface area contributed by atoms with Crippen molar-refractivity contribution in [1.29, 1.82) is 0 Å². The Labute approximate surface area is 218 Å². The van der Waals surface area contributed by atoms with Crippen LogP contribution >= 0.6 is 0 Å². The second-order valence-corrected chi connectivity index (χ2v) is 9.47. The first-order chi connectivity index (χ1) is 18.1. The molecule has 0 radical (unpaired) electrons. The first-order valence-corrected chi connectivity index (χ1v) is 12.4. The van der Waals surface area contributed by atoms with Crippen molar-refractivity contribution in [2.24, 2.45) is 0 Å². The summed E-state index contributed by atoms with van der Waals surface area (Å²) in [6.45, 7) is 4.10. The molecule has 1 fully saturated rings. The molecular weight excluding hydrogens is 502 g/mol. The van der Waals surface area contributed by atoms with E-state index < -0.39 is 23.6 Å². The van der Waals surface area contributed by atoms with Crippen LogP contribution in [0.2, 0.25) is 0 Å². The zero-order valence-electron chi connectivity index (χ0n) is 21.4. The number of para-hydroxylation sites is 1. The fourth-order valence-electron chi connectivity index (χ4n) is 4.26. The van der Waals surface area contributed by atoms with Crippen molar-refractivity contribution in [2.75, 3.05) is 64.0 Å². The number of alkyl halides is 3. The molecule has 1 aliphatic heterocycles. The second kappa shape index (κ2) is 11.9. The number of hydrogen-bond acceptors (Lipinski definition) is 6. The van der Waals surface area contributed by atoms with Crippen LogP contribution in [0.15, 0.2) is 42.5 Å². The van der Waals surface area contributed by atoms with Crippen molar-refractivity contribution in [2.45, 2.75) is 19.1 Å². The zero-order valence-corrected chi connectivity index (χ0v) is 21.4. The van der Waals surface area contributed by atoms with E-state index in [0.717, 1.165) is 42.3 Å². The predicted molar refractivity (Wildman–Crippen MR) is 138 cm³/mol. The minimum atomic E-state index is -4.84. The van der Waals surface area contributed by atoms with Crippen molar-refractivity contribution in [3.8, 4) is 0 Å². The number of hydrogen-bond donors (Lipinski definition) is 2. The first-order valence-electron chi connectivity index (χ1n) is 12.4. The fraction of sp³-hybridized carbons (Fsp3) is 0.423. The highest BCUT2D eigenvalue weighted by molar-refractivity contribution is 5.90. The third-order valence-corrected chi connectivity index (χ3v) is 6.27. The van der Waals surface area contributed by atoms with Crippen LogP contribution in [0, 0.1) is 5.82 Å². The van der Waals surface area contributed by atoms with E-state index in [1.54, 1.807) is 0 Å². The van der Waals surface area contributed by atoms with E-state index in [1.165, 1.54) is 4.90 Å². The summed E-state index contributed by atoms with van der Waals surface area (Å²) in [5, 5.41) is 6.83. The van der Waals surface area contributed by atoms with Gasteiger partial charge >= 0.3 is 12.2 Å². The molecule has 3 aromatic rings. The number of rotatable bonds is 8. The van der Waals surface area contributed by atoms with E-state index in [2.05, 4.69) is 20.4 Å². The zero-order chi connectivity index (χ0) is 27.3. The summed E-state index contributed by atoms with van der Waals surface area (Å²) < 4.78 is 52.5. The Balaban J connectivity index is 1.35. The summed E-state index contributed by atoms with van der Waals surface area (Å²) in [6.07, 6.45) is -3.87. The van der Waals surface area contributed by atoms with Crippen molar-refractivity contribution in [3.63, 3.8) is 0 Å². The Morgan fingerprint density at radius 1 is 1.05 bits per heavy atom. The monoisotopic (exact) mass is 533 g/mol. The molecule has 204 valence electrons. The van der Waals surface area contributed by atoms with Gasteiger partial charge in [-0.2, -0.15) is 13.2 Å². The summed E-state index contributed by atoms with van der Waals surface area (Å²) in [4.78, 5) is 27.9. The van der Waals surface area contributed by atoms with Crippen molar-refractivity contribution < 1.29 is 22.4 Å². The largest absolute Gasteiger partial charge is 0.419 e. The highest BCUT2D eigenvalue weighted by Gasteiger charge is 2.34. The quantitative estimate of drug-likeness (QED) is 0.328. The highest BCUT2D eigenvalue weighted by Crippen LogP contribution is 2.33. The van der Waals surface area contributed by atoms with Gasteiger partial charge in [-0.25, -0.2) is 19.2 Å². The topological polar surface area (TPSA) is 76.6 Å². The molecule has 38 heavy (non-hydrogen) atoms. The molecular formula is C26H31F4N7O. The molecule has 2 aromatic carbocycles. The molecule has 8 nitrogen and oxygen atoms in total. The van der Waals surface area contributed by atoms with Gasteiger partial charge in [-0.3, -0.25) is 4.90 Å². The smallest absolute Gasteiger partial charge is 0.369 e. The number of benzene rings is 2. The van der Waals surface area contributed by atoms with Gasteiger partial charge in [-0.15, -0.1) is 0 Å². The first kappa shape index (κ1) is 27.5. The number of halogens is 4. The fourth-order valence-corrected chi connectivity index (χ4v) is 4.26. The van der Waals surface area contributed by atoms with E-state index in [0.29, 0.717) is 50.7 Å². The van der Waals surface area contributed by atoms with Crippen LogP contribution in [0.1, 0.15) is 17.8 Å². The van der Waals surface area contributed by atoms with E-state index in [9.17, 15) is 22.4 Å². The number of aromatic nitrogens is 2. The standard InChI is InChI=1S/C26H31F4N7O/c1-35(2)11-5-10-31-24-19-6-3-4-7-22(19)33-23(34-24)17-36-12-14-37(15-13-36)25(38)32-18-8-9-21(27)20(16-18)26(28,29)30/h3-4,6-9,16H,5,10-15,17H2,1-2H3,(H,32,38)(H,31,33,34). The maximum Gasteiger partial charge on any atom is 0.419 e. The van der Waals surface area contributed by atoms with Gasteiger partial charge in [0.25, 0.3) is 0 Å². The van der Waals surface area contributed by atoms with Crippen LogP contribution in [-0.2, 0) is 12.7 Å². The summed E-state index contributed by atoms with van der Waals surface area (Å²) >= 11 is 0. The molecule has 2 amide bonds. The number of piperazine rings is 1. The van der Waals surface area contributed by atoms with Crippen molar-refractivity contribution >= 4 is 28.4 Å². The van der Waals surface area contributed by atoms with Gasteiger partial charge in [-0.1, -0.05) is 12.1 Å². The molecule has 0 unspecified atom stereocenters. The molecule has 0 spiro atoms. The number of amides is 2. The van der Waals surface area contributed by atoms with Crippen LogP contribution in [0.25, 0.3) is 10.9 Å². The van der Waals surface area contributed by atoms with E-state index in [-0.39, 0.29) is 5.69 Å². The molecule has 2 heterocycles. The van der Waals surface area contributed by atoms with Gasteiger partial charge in [0.05, 0.1) is 17.6 Å². The maximum atomic E-state index is 13.5. The van der Waals surface area contributed by atoms with Crippen LogP contribution in [-0.4, -0.2) is 84.1 Å². The minimum absolute atomic E-state index is 0.110. The number of nitrogens with one attached hydrogen (secondary N) is 2. The van der Waals surface area contributed by atoms with Crippen LogP contribution in [0.3, 0.4) is 0 Å². The highest BCUT2D eigenvalue weighted by atomic mass is 19.4. The van der Waals surface area contributed by atoms with Crippen molar-refractivity contribution in [3.05, 3.63) is 59.7 Å². The predicted octanol–water partition coefficient (Wildman–Crippen LogP) is 4.50. The molecule has 0 saturated carbocycles. The van der Waals surface area contributed by atoms with Crippen LogP contribution in [0.5, 0.6) is 0 Å². The van der Waals surface area contributed by atoms with Gasteiger partial charge in [0, 0.05) is 43.8 Å². The summed E-state index contributed by atoms with van der Waals surface area (Å²) in [5.74, 6) is 0.0783. The lowest BCUT2D eigenvalue weighted by Crippen LogP contribution is -2.49.